The molecule has 0 aromatic heterocycles. The molecule has 41 heavy (non-hydrogen) atoms. The third kappa shape index (κ3) is 7.22. The molecule has 0 bridgehead atoms. The Labute approximate surface area is 241 Å². The molecule has 0 radical (unpaired) electrons. The third-order valence-electron chi connectivity index (χ3n) is 8.19. The second-order valence-electron chi connectivity index (χ2n) is 10.9. The van der Waals surface area contributed by atoms with Gasteiger partial charge in [0.1, 0.15) is 0 Å². The first-order chi connectivity index (χ1) is 19.8. The van der Waals surface area contributed by atoms with Crippen LogP contribution in [0.5, 0.6) is 0 Å². The highest BCUT2D eigenvalue weighted by Gasteiger charge is 2.35. The van der Waals surface area contributed by atoms with Gasteiger partial charge in [-0.1, -0.05) is 66.7 Å². The fourth-order valence-corrected chi connectivity index (χ4v) is 7.17. The van der Waals surface area contributed by atoms with Gasteiger partial charge in [-0.15, -0.1) is 0 Å². The Morgan fingerprint density at radius 1 is 0.878 bits per heavy atom. The van der Waals surface area contributed by atoms with Gasteiger partial charge in [-0.2, -0.15) is 0 Å². The van der Waals surface area contributed by atoms with Crippen LogP contribution in [0, 0.1) is 5.92 Å². The number of carbonyl (C=O) groups is 2. The molecule has 8 nitrogen and oxygen atoms in total. The van der Waals surface area contributed by atoms with Crippen LogP contribution >= 0.6 is 0 Å². The molecule has 2 aliphatic rings. The van der Waals surface area contributed by atoms with Crippen LogP contribution in [0.1, 0.15) is 49.3 Å². The van der Waals surface area contributed by atoms with Crippen molar-refractivity contribution in [2.45, 2.75) is 55.5 Å². The van der Waals surface area contributed by atoms with Crippen molar-refractivity contribution in [2.24, 2.45) is 5.92 Å². The average molecular weight is 576 g/mol. The largest absolute Gasteiger partial charge is 0.481 e. The lowest BCUT2D eigenvalue weighted by atomic mass is 9.85. The summed E-state index contributed by atoms with van der Waals surface area (Å²) in [4.78, 5) is 26.5. The van der Waals surface area contributed by atoms with Crippen LogP contribution in [0.2, 0.25) is 0 Å². The van der Waals surface area contributed by atoms with Crippen LogP contribution in [-0.2, 0) is 26.0 Å². The van der Waals surface area contributed by atoms with Crippen LogP contribution in [0.25, 0.3) is 11.1 Å². The molecule has 3 aromatic rings. The summed E-state index contributed by atoms with van der Waals surface area (Å²) in [5, 5.41) is 12.3. The van der Waals surface area contributed by atoms with E-state index in [1.165, 1.54) is 0 Å². The number of carbonyl (C=O) groups excluding carboxylic acids is 1. The van der Waals surface area contributed by atoms with Gasteiger partial charge in [0, 0.05) is 38.0 Å². The molecule has 3 aromatic carbocycles. The van der Waals surface area contributed by atoms with Crippen molar-refractivity contribution in [3.63, 3.8) is 0 Å². The Kier molecular flexibility index (Phi) is 9.17. The number of sulfonamides is 1. The van der Waals surface area contributed by atoms with Crippen molar-refractivity contribution in [3.8, 4) is 11.1 Å². The molecule has 1 saturated carbocycles. The standard InChI is InChI=1S/C32H37N3O5S/c36-31(37)19-8-23-6-9-24(10-7-23)25-13-17-29(18-14-25)41(39,40)34-28-15-11-27(12-16-28)32(38)35-21-20-33-22-30(35)26-4-2-1-3-5-26/h1-7,9-10,13-14,17-18,27-28,30,33-34H,8,11-12,15-16,19-22H2,(H,36,37)/t27-,28-,30-/m1/s1. The molecule has 1 aliphatic carbocycles. The molecule has 1 aliphatic heterocycles. The van der Waals surface area contributed by atoms with E-state index in [2.05, 4.69) is 22.2 Å². The zero-order chi connectivity index (χ0) is 28.8. The topological polar surface area (TPSA) is 116 Å². The van der Waals surface area contributed by atoms with E-state index in [4.69, 9.17) is 5.11 Å². The average Bonchev–Trinajstić information content (AvgIpc) is 3.00. The Morgan fingerprint density at radius 3 is 2.15 bits per heavy atom. The SMILES string of the molecule is O=C(O)CCc1ccc(-c2ccc(S(=O)(=O)N[C@H]3CC[C@H](C(=O)N4CCNC[C@@H]4c4ccccc4)CC3)cc2)cc1. The van der Waals surface area contributed by atoms with Crippen LogP contribution in [0.3, 0.4) is 0 Å². The summed E-state index contributed by atoms with van der Waals surface area (Å²) < 4.78 is 29.1. The Morgan fingerprint density at radius 2 is 1.51 bits per heavy atom. The second-order valence-corrected chi connectivity index (χ2v) is 12.7. The van der Waals surface area contributed by atoms with E-state index in [1.54, 1.807) is 24.3 Å². The predicted molar refractivity (Wildman–Crippen MR) is 158 cm³/mol. The zero-order valence-corrected chi connectivity index (χ0v) is 23.9. The minimum Gasteiger partial charge on any atom is -0.481 e. The normalized spacial score (nSPS) is 21.4. The fourth-order valence-electron chi connectivity index (χ4n) is 5.86. The maximum absolute atomic E-state index is 13.5. The highest BCUT2D eigenvalue weighted by molar-refractivity contribution is 7.89. The summed E-state index contributed by atoms with van der Waals surface area (Å²) in [6.45, 7) is 2.19. The molecular weight excluding hydrogens is 538 g/mol. The number of carboxylic acids is 1. The van der Waals surface area contributed by atoms with Crippen molar-refractivity contribution in [1.29, 1.82) is 0 Å². The number of hydrogen-bond donors (Lipinski definition) is 3. The Hall–Kier alpha value is -3.53. The zero-order valence-electron chi connectivity index (χ0n) is 23.0. The van der Waals surface area contributed by atoms with Crippen LogP contribution < -0.4 is 10.0 Å². The van der Waals surface area contributed by atoms with Gasteiger partial charge in [0.2, 0.25) is 15.9 Å². The molecule has 1 saturated heterocycles. The second kappa shape index (κ2) is 13.0. The Balaban J connectivity index is 1.16. The molecule has 1 atom stereocenters. The summed E-state index contributed by atoms with van der Waals surface area (Å²) in [6.07, 6.45) is 3.14. The summed E-state index contributed by atoms with van der Waals surface area (Å²) in [7, 11) is -3.69. The molecule has 5 rings (SSSR count). The van der Waals surface area contributed by atoms with Crippen molar-refractivity contribution in [2.75, 3.05) is 19.6 Å². The number of carboxylic acid groups (broad SMARTS) is 1. The summed E-state index contributed by atoms with van der Waals surface area (Å²) >= 11 is 0. The third-order valence-corrected chi connectivity index (χ3v) is 9.72. The number of benzene rings is 3. The van der Waals surface area contributed by atoms with E-state index in [1.807, 2.05) is 47.4 Å². The first-order valence-electron chi connectivity index (χ1n) is 14.3. The van der Waals surface area contributed by atoms with Crippen molar-refractivity contribution in [3.05, 3.63) is 90.0 Å². The lowest BCUT2D eigenvalue weighted by molar-refractivity contribution is -0.140. The summed E-state index contributed by atoms with van der Waals surface area (Å²) in [5.41, 5.74) is 3.89. The maximum atomic E-state index is 13.5. The molecule has 3 N–H and O–H groups in total. The van der Waals surface area contributed by atoms with Gasteiger partial charge in [-0.25, -0.2) is 13.1 Å². The summed E-state index contributed by atoms with van der Waals surface area (Å²) in [6, 6.07) is 24.4. The van der Waals surface area contributed by atoms with E-state index >= 15 is 0 Å². The molecule has 216 valence electrons. The van der Waals surface area contributed by atoms with E-state index in [0.29, 0.717) is 38.6 Å². The highest BCUT2D eigenvalue weighted by Crippen LogP contribution is 2.31. The van der Waals surface area contributed by atoms with Gasteiger partial charge in [0.05, 0.1) is 10.9 Å². The van der Waals surface area contributed by atoms with Crippen LogP contribution in [0.15, 0.2) is 83.8 Å². The maximum Gasteiger partial charge on any atom is 0.303 e. The molecule has 0 unspecified atom stereocenters. The van der Waals surface area contributed by atoms with Gasteiger partial charge in [0.25, 0.3) is 0 Å². The lowest BCUT2D eigenvalue weighted by Crippen LogP contribution is -2.51. The number of amides is 1. The molecule has 1 amide bonds. The van der Waals surface area contributed by atoms with Crippen LogP contribution in [-0.4, -0.2) is 56.0 Å². The van der Waals surface area contributed by atoms with Crippen LogP contribution in [0.4, 0.5) is 0 Å². The van der Waals surface area contributed by atoms with Crippen molar-refractivity contribution in [1.82, 2.24) is 14.9 Å². The fraction of sp³-hybridized carbons (Fsp3) is 0.375. The number of rotatable bonds is 9. The molecular formula is C32H37N3O5S. The first-order valence-corrected chi connectivity index (χ1v) is 15.8. The highest BCUT2D eigenvalue weighted by atomic mass is 32.2. The quantitative estimate of drug-likeness (QED) is 0.349. The Bertz CT molecular complexity index is 1430. The monoisotopic (exact) mass is 575 g/mol. The van der Waals surface area contributed by atoms with Gasteiger partial charge < -0.3 is 15.3 Å². The van der Waals surface area contributed by atoms with E-state index < -0.39 is 16.0 Å². The number of nitrogens with zero attached hydrogens (tertiary/aromatic N) is 1. The first kappa shape index (κ1) is 29.0. The number of aliphatic carboxylic acids is 1. The van der Waals surface area contributed by atoms with E-state index in [9.17, 15) is 18.0 Å². The minimum atomic E-state index is -3.69. The predicted octanol–water partition coefficient (Wildman–Crippen LogP) is 4.38. The van der Waals surface area contributed by atoms with Gasteiger partial charge in [0.15, 0.2) is 0 Å². The summed E-state index contributed by atoms with van der Waals surface area (Å²) in [5.74, 6) is -0.741. The number of hydrogen-bond acceptors (Lipinski definition) is 5. The number of aryl methyl sites for hydroxylation is 1. The molecule has 2 fully saturated rings. The number of nitrogens with one attached hydrogen (secondary N) is 2. The van der Waals surface area contributed by atoms with Crippen molar-refractivity contribution < 1.29 is 23.1 Å². The molecule has 9 heteroatoms. The van der Waals surface area contributed by atoms with E-state index in [-0.39, 0.29) is 35.2 Å². The van der Waals surface area contributed by atoms with Gasteiger partial charge in [-0.05, 0) is 66.5 Å². The van der Waals surface area contributed by atoms with Crippen molar-refractivity contribution >= 4 is 21.9 Å². The van der Waals surface area contributed by atoms with E-state index in [0.717, 1.165) is 35.3 Å². The number of piperazine rings is 1. The lowest BCUT2D eigenvalue weighted by Gasteiger charge is -2.40. The minimum absolute atomic E-state index is 0.0199. The smallest absolute Gasteiger partial charge is 0.303 e. The van der Waals surface area contributed by atoms with Gasteiger partial charge in [-0.3, -0.25) is 9.59 Å². The van der Waals surface area contributed by atoms with Gasteiger partial charge >= 0.3 is 5.97 Å². The molecule has 1 heterocycles. The molecule has 0 spiro atoms.